The van der Waals surface area contributed by atoms with Gasteiger partial charge in [-0.15, -0.1) is 0 Å². The molecule has 0 bridgehead atoms. The number of unbranched alkanes of at least 4 members (excludes halogenated alkanes) is 1. The fourth-order valence-electron chi connectivity index (χ4n) is 1.52. The van der Waals surface area contributed by atoms with E-state index in [1.807, 2.05) is 19.1 Å². The molecule has 3 nitrogen and oxygen atoms in total. The maximum atomic E-state index is 11.9. The van der Waals surface area contributed by atoms with Gasteiger partial charge in [-0.25, -0.2) is 0 Å². The molecule has 0 saturated heterocycles. The second-order valence-corrected chi connectivity index (χ2v) is 4.50. The summed E-state index contributed by atoms with van der Waals surface area (Å²) in [6, 6.07) is 7.18. The van der Waals surface area contributed by atoms with Gasteiger partial charge in [0.25, 0.3) is 5.91 Å². The van der Waals surface area contributed by atoms with Crippen LogP contribution in [0.15, 0.2) is 24.3 Å². The van der Waals surface area contributed by atoms with E-state index in [1.54, 1.807) is 12.1 Å². The molecule has 1 N–H and O–H groups in total. The van der Waals surface area contributed by atoms with E-state index in [0.717, 1.165) is 12.8 Å². The summed E-state index contributed by atoms with van der Waals surface area (Å²) < 4.78 is 5.64. The van der Waals surface area contributed by atoms with Crippen molar-refractivity contribution in [2.24, 2.45) is 0 Å². The lowest BCUT2D eigenvalue weighted by molar-refractivity contribution is -0.128. The highest BCUT2D eigenvalue weighted by Crippen LogP contribution is 2.24. The molecule has 0 aliphatic heterocycles. The van der Waals surface area contributed by atoms with Crippen LogP contribution in [0.2, 0.25) is 5.02 Å². The lowest BCUT2D eigenvalue weighted by Crippen LogP contribution is -2.38. The summed E-state index contributed by atoms with van der Waals surface area (Å²) in [7, 11) is 0. The molecule has 0 aromatic heterocycles. The second kappa shape index (κ2) is 7.98. The van der Waals surface area contributed by atoms with Crippen molar-refractivity contribution in [2.75, 3.05) is 6.54 Å². The van der Waals surface area contributed by atoms with Crippen LogP contribution in [-0.2, 0) is 4.79 Å². The van der Waals surface area contributed by atoms with Crippen LogP contribution in [0.25, 0.3) is 0 Å². The van der Waals surface area contributed by atoms with Gasteiger partial charge >= 0.3 is 0 Å². The van der Waals surface area contributed by atoms with E-state index in [2.05, 4.69) is 12.2 Å². The van der Waals surface area contributed by atoms with Crippen LogP contribution >= 0.6 is 11.6 Å². The first-order valence-corrected chi connectivity index (χ1v) is 6.75. The van der Waals surface area contributed by atoms with E-state index in [-0.39, 0.29) is 5.91 Å². The Bertz CT molecular complexity index is 382. The number of hydrogen-bond donors (Lipinski definition) is 1. The lowest BCUT2D eigenvalue weighted by Gasteiger charge is -2.17. The Kier molecular flexibility index (Phi) is 6.58. The standard InChI is InChI=1S/C14H20ClNO2/c1-3-5-10-16-14(17)12(4-2)18-13-9-7-6-8-11(13)15/h6-9,12H,3-5,10H2,1-2H3,(H,16,17)/t12-/m1/s1. The quantitative estimate of drug-likeness (QED) is 0.771. The fourth-order valence-corrected chi connectivity index (χ4v) is 1.70. The van der Waals surface area contributed by atoms with Crippen molar-refractivity contribution >= 4 is 17.5 Å². The molecule has 0 unspecified atom stereocenters. The Morgan fingerprint density at radius 3 is 2.72 bits per heavy atom. The van der Waals surface area contributed by atoms with Crippen LogP contribution in [0.5, 0.6) is 5.75 Å². The molecule has 0 aliphatic carbocycles. The van der Waals surface area contributed by atoms with Crippen molar-refractivity contribution in [3.8, 4) is 5.75 Å². The normalized spacial score (nSPS) is 11.9. The Morgan fingerprint density at radius 1 is 1.39 bits per heavy atom. The van der Waals surface area contributed by atoms with Crippen molar-refractivity contribution in [3.05, 3.63) is 29.3 Å². The molecule has 1 amide bonds. The molecule has 4 heteroatoms. The number of hydrogen-bond acceptors (Lipinski definition) is 2. The zero-order chi connectivity index (χ0) is 13.4. The molecule has 1 aromatic carbocycles. The number of benzene rings is 1. The number of halogens is 1. The van der Waals surface area contributed by atoms with Crippen molar-refractivity contribution in [1.82, 2.24) is 5.32 Å². The maximum Gasteiger partial charge on any atom is 0.261 e. The van der Waals surface area contributed by atoms with E-state index < -0.39 is 6.10 Å². The van der Waals surface area contributed by atoms with Gasteiger partial charge in [0.15, 0.2) is 6.10 Å². The van der Waals surface area contributed by atoms with Crippen LogP contribution in [0.4, 0.5) is 0 Å². The number of para-hydroxylation sites is 1. The van der Waals surface area contributed by atoms with Gasteiger partial charge in [0.1, 0.15) is 5.75 Å². The minimum Gasteiger partial charge on any atom is -0.479 e. The van der Waals surface area contributed by atoms with Gasteiger partial charge in [-0.05, 0) is 25.0 Å². The van der Waals surface area contributed by atoms with Crippen LogP contribution in [0.3, 0.4) is 0 Å². The number of rotatable bonds is 7. The molecule has 0 radical (unpaired) electrons. The van der Waals surface area contributed by atoms with Gasteiger partial charge in [-0.1, -0.05) is 44.0 Å². The van der Waals surface area contributed by atoms with Gasteiger partial charge in [-0.3, -0.25) is 4.79 Å². The Hall–Kier alpha value is -1.22. The summed E-state index contributed by atoms with van der Waals surface area (Å²) in [4.78, 5) is 11.9. The summed E-state index contributed by atoms with van der Waals surface area (Å²) >= 11 is 6.00. The zero-order valence-electron chi connectivity index (χ0n) is 10.9. The van der Waals surface area contributed by atoms with Crippen molar-refractivity contribution in [1.29, 1.82) is 0 Å². The third-order valence-electron chi connectivity index (χ3n) is 2.60. The minimum absolute atomic E-state index is 0.0779. The number of amides is 1. The fraction of sp³-hybridized carbons (Fsp3) is 0.500. The number of nitrogens with one attached hydrogen (secondary N) is 1. The molecule has 1 rings (SSSR count). The number of carbonyl (C=O) groups is 1. The summed E-state index contributed by atoms with van der Waals surface area (Å²) in [6.45, 7) is 4.70. The van der Waals surface area contributed by atoms with E-state index >= 15 is 0 Å². The first-order valence-electron chi connectivity index (χ1n) is 6.37. The molecule has 0 aliphatic rings. The van der Waals surface area contributed by atoms with Gasteiger partial charge in [-0.2, -0.15) is 0 Å². The Morgan fingerprint density at radius 2 is 2.11 bits per heavy atom. The summed E-state index contributed by atoms with van der Waals surface area (Å²) in [5.41, 5.74) is 0. The maximum absolute atomic E-state index is 11.9. The molecule has 0 spiro atoms. The van der Waals surface area contributed by atoms with E-state index in [9.17, 15) is 4.79 Å². The third kappa shape index (κ3) is 4.57. The average molecular weight is 270 g/mol. The molecular weight excluding hydrogens is 250 g/mol. The van der Waals surface area contributed by atoms with E-state index in [4.69, 9.17) is 16.3 Å². The first-order chi connectivity index (χ1) is 8.69. The van der Waals surface area contributed by atoms with Gasteiger partial charge in [0.2, 0.25) is 0 Å². The van der Waals surface area contributed by atoms with Crippen molar-refractivity contribution < 1.29 is 9.53 Å². The molecule has 18 heavy (non-hydrogen) atoms. The highest BCUT2D eigenvalue weighted by molar-refractivity contribution is 6.32. The minimum atomic E-state index is -0.484. The van der Waals surface area contributed by atoms with Crippen molar-refractivity contribution in [3.63, 3.8) is 0 Å². The number of carbonyl (C=O) groups excluding carboxylic acids is 1. The molecule has 1 atom stereocenters. The Balaban J connectivity index is 2.56. The average Bonchev–Trinajstić information content (AvgIpc) is 2.38. The number of ether oxygens (including phenoxy) is 1. The summed E-state index contributed by atoms with van der Waals surface area (Å²) in [6.07, 6.45) is 2.17. The topological polar surface area (TPSA) is 38.3 Å². The lowest BCUT2D eigenvalue weighted by atomic mass is 10.2. The van der Waals surface area contributed by atoms with E-state index in [0.29, 0.717) is 23.7 Å². The SMILES string of the molecule is CCCCNC(=O)[C@@H](CC)Oc1ccccc1Cl. The Labute approximate surface area is 113 Å². The van der Waals surface area contributed by atoms with Crippen LogP contribution in [0.1, 0.15) is 33.1 Å². The highest BCUT2D eigenvalue weighted by Gasteiger charge is 2.18. The smallest absolute Gasteiger partial charge is 0.261 e. The predicted octanol–water partition coefficient (Wildman–Crippen LogP) is 3.41. The van der Waals surface area contributed by atoms with Crippen LogP contribution in [-0.4, -0.2) is 18.6 Å². The molecule has 0 heterocycles. The summed E-state index contributed by atoms with van der Waals surface area (Å²) in [5.74, 6) is 0.475. The van der Waals surface area contributed by atoms with Crippen LogP contribution in [0, 0.1) is 0 Å². The first kappa shape index (κ1) is 14.8. The molecule has 0 fully saturated rings. The molecular formula is C14H20ClNO2. The van der Waals surface area contributed by atoms with Crippen molar-refractivity contribution in [2.45, 2.75) is 39.2 Å². The van der Waals surface area contributed by atoms with E-state index in [1.165, 1.54) is 0 Å². The zero-order valence-corrected chi connectivity index (χ0v) is 11.7. The molecule has 1 aromatic rings. The highest BCUT2D eigenvalue weighted by atomic mass is 35.5. The predicted molar refractivity (Wildman–Crippen MR) is 74.1 cm³/mol. The van der Waals surface area contributed by atoms with Gasteiger partial charge in [0.05, 0.1) is 5.02 Å². The van der Waals surface area contributed by atoms with Crippen LogP contribution < -0.4 is 10.1 Å². The monoisotopic (exact) mass is 269 g/mol. The largest absolute Gasteiger partial charge is 0.479 e. The van der Waals surface area contributed by atoms with Gasteiger partial charge in [0, 0.05) is 6.54 Å². The second-order valence-electron chi connectivity index (χ2n) is 4.09. The third-order valence-corrected chi connectivity index (χ3v) is 2.91. The summed E-state index contributed by atoms with van der Waals surface area (Å²) in [5, 5.41) is 3.39. The van der Waals surface area contributed by atoms with Gasteiger partial charge < -0.3 is 10.1 Å². The molecule has 100 valence electrons. The molecule has 0 saturated carbocycles.